The fourth-order valence-electron chi connectivity index (χ4n) is 3.00. The number of pyridine rings is 1. The number of aromatic nitrogens is 1. The molecular weight excluding hydrogens is 418 g/mol. The van der Waals surface area contributed by atoms with Crippen LogP contribution in [0.15, 0.2) is 65.6 Å². The van der Waals surface area contributed by atoms with Crippen LogP contribution in [0.3, 0.4) is 0 Å². The number of rotatable bonds is 8. The van der Waals surface area contributed by atoms with Gasteiger partial charge in [-0.2, -0.15) is 4.31 Å². The summed E-state index contributed by atoms with van der Waals surface area (Å²) < 4.78 is 31.4. The molecule has 162 valence electrons. The highest BCUT2D eigenvalue weighted by Crippen LogP contribution is 2.18. The molecule has 31 heavy (non-hydrogen) atoms. The number of para-hydroxylation sites is 1. The van der Waals surface area contributed by atoms with Crippen molar-refractivity contribution < 1.29 is 22.7 Å². The van der Waals surface area contributed by atoms with E-state index in [1.165, 1.54) is 34.6 Å². The van der Waals surface area contributed by atoms with Gasteiger partial charge in [0.25, 0.3) is 5.91 Å². The lowest BCUT2D eigenvalue weighted by Gasteiger charge is -2.18. The number of ether oxygens (including phenoxy) is 1. The average Bonchev–Trinajstić information content (AvgIpc) is 2.78. The number of amides is 1. The van der Waals surface area contributed by atoms with Gasteiger partial charge in [0.05, 0.1) is 10.4 Å². The van der Waals surface area contributed by atoms with E-state index in [0.717, 1.165) is 5.39 Å². The number of hydrogen-bond acceptors (Lipinski definition) is 6. The van der Waals surface area contributed by atoms with Gasteiger partial charge in [-0.25, -0.2) is 18.2 Å². The quantitative estimate of drug-likeness (QED) is 0.539. The molecule has 0 fully saturated rings. The minimum atomic E-state index is -3.57. The van der Waals surface area contributed by atoms with Gasteiger partial charge >= 0.3 is 5.97 Å². The summed E-state index contributed by atoms with van der Waals surface area (Å²) in [6.07, 6.45) is 0. The van der Waals surface area contributed by atoms with Crippen molar-refractivity contribution in [3.05, 3.63) is 66.4 Å². The van der Waals surface area contributed by atoms with Crippen molar-refractivity contribution in [1.82, 2.24) is 9.29 Å². The average molecular weight is 442 g/mol. The first kappa shape index (κ1) is 22.4. The van der Waals surface area contributed by atoms with Crippen molar-refractivity contribution >= 4 is 38.5 Å². The number of hydrogen-bond donors (Lipinski definition) is 1. The molecule has 8 nitrogen and oxygen atoms in total. The van der Waals surface area contributed by atoms with Crippen LogP contribution in [-0.4, -0.2) is 49.3 Å². The molecule has 3 rings (SSSR count). The van der Waals surface area contributed by atoms with Crippen LogP contribution < -0.4 is 5.32 Å². The summed E-state index contributed by atoms with van der Waals surface area (Å²) in [7, 11) is -3.57. The first-order valence-electron chi connectivity index (χ1n) is 9.78. The molecule has 2 aromatic carbocycles. The molecule has 3 aromatic rings. The Kier molecular flexibility index (Phi) is 6.98. The predicted molar refractivity (Wildman–Crippen MR) is 117 cm³/mol. The fourth-order valence-corrected chi connectivity index (χ4v) is 4.46. The minimum absolute atomic E-state index is 0.109. The summed E-state index contributed by atoms with van der Waals surface area (Å²) >= 11 is 0. The number of nitrogens with zero attached hydrogens (tertiary/aromatic N) is 2. The highest BCUT2D eigenvalue weighted by Gasteiger charge is 2.21. The number of fused-ring (bicyclic) bond motifs is 1. The monoisotopic (exact) mass is 441 g/mol. The first-order valence-corrected chi connectivity index (χ1v) is 11.2. The Bertz CT molecular complexity index is 1190. The second kappa shape index (κ2) is 9.67. The van der Waals surface area contributed by atoms with Crippen LogP contribution in [0.25, 0.3) is 10.9 Å². The molecule has 0 saturated carbocycles. The van der Waals surface area contributed by atoms with Gasteiger partial charge < -0.3 is 10.1 Å². The molecule has 0 atom stereocenters. The largest absolute Gasteiger partial charge is 0.451 e. The molecule has 1 aromatic heterocycles. The molecule has 0 aliphatic rings. The van der Waals surface area contributed by atoms with E-state index in [1.54, 1.807) is 26.0 Å². The third-order valence-electron chi connectivity index (χ3n) is 4.62. The lowest BCUT2D eigenvalue weighted by molar-refractivity contribution is -0.119. The molecule has 0 aliphatic heterocycles. The summed E-state index contributed by atoms with van der Waals surface area (Å²) in [6.45, 7) is 3.78. The molecule has 0 unspecified atom stereocenters. The molecule has 1 N–H and O–H groups in total. The summed E-state index contributed by atoms with van der Waals surface area (Å²) in [5.41, 5.74) is 1.15. The van der Waals surface area contributed by atoms with Crippen LogP contribution in [0.2, 0.25) is 0 Å². The summed E-state index contributed by atoms with van der Waals surface area (Å²) in [5.74, 6) is -1.25. The van der Waals surface area contributed by atoms with E-state index in [2.05, 4.69) is 10.3 Å². The van der Waals surface area contributed by atoms with Gasteiger partial charge in [0, 0.05) is 24.2 Å². The number of anilines is 1. The third kappa shape index (κ3) is 5.25. The summed E-state index contributed by atoms with van der Waals surface area (Å²) in [5, 5.41) is 3.46. The smallest absolute Gasteiger partial charge is 0.357 e. The van der Waals surface area contributed by atoms with E-state index in [9.17, 15) is 18.0 Å². The zero-order valence-corrected chi connectivity index (χ0v) is 18.1. The summed E-state index contributed by atoms with van der Waals surface area (Å²) in [4.78, 5) is 28.7. The molecule has 0 saturated heterocycles. The molecule has 0 bridgehead atoms. The topological polar surface area (TPSA) is 106 Å². The van der Waals surface area contributed by atoms with Gasteiger partial charge in [-0.15, -0.1) is 0 Å². The standard InChI is InChI=1S/C22H23N3O5S/c1-3-25(4-2)31(28,29)18-12-10-17(11-13-18)23-21(26)15-30-22(27)20-14-9-16-7-5-6-8-19(16)24-20/h5-14H,3-4,15H2,1-2H3,(H,23,26). The fraction of sp³-hybridized carbons (Fsp3) is 0.227. The molecule has 9 heteroatoms. The van der Waals surface area contributed by atoms with Crippen molar-refractivity contribution in [3.8, 4) is 0 Å². The SMILES string of the molecule is CCN(CC)S(=O)(=O)c1ccc(NC(=O)COC(=O)c2ccc3ccccc3n2)cc1. The number of carbonyl (C=O) groups is 2. The normalized spacial score (nSPS) is 11.5. The number of sulfonamides is 1. The number of carbonyl (C=O) groups excluding carboxylic acids is 2. The van der Waals surface area contributed by atoms with Crippen LogP contribution >= 0.6 is 0 Å². The molecule has 0 aliphatic carbocycles. The lowest BCUT2D eigenvalue weighted by atomic mass is 10.2. The molecule has 1 heterocycles. The van der Waals surface area contributed by atoms with E-state index in [-0.39, 0.29) is 10.6 Å². The van der Waals surface area contributed by atoms with Crippen LogP contribution in [0.1, 0.15) is 24.3 Å². The minimum Gasteiger partial charge on any atom is -0.451 e. The van der Waals surface area contributed by atoms with Crippen LogP contribution in [0.5, 0.6) is 0 Å². The van der Waals surface area contributed by atoms with Crippen molar-refractivity contribution in [2.45, 2.75) is 18.7 Å². The first-order chi connectivity index (χ1) is 14.8. The highest BCUT2D eigenvalue weighted by molar-refractivity contribution is 7.89. The second-order valence-corrected chi connectivity index (χ2v) is 8.57. The lowest BCUT2D eigenvalue weighted by Crippen LogP contribution is -2.30. The number of esters is 1. The van der Waals surface area contributed by atoms with Crippen molar-refractivity contribution in [2.75, 3.05) is 25.0 Å². The molecule has 0 spiro atoms. The Balaban J connectivity index is 1.58. The maximum atomic E-state index is 12.5. The van der Waals surface area contributed by atoms with E-state index >= 15 is 0 Å². The molecular formula is C22H23N3O5S. The van der Waals surface area contributed by atoms with Crippen LogP contribution in [-0.2, 0) is 19.6 Å². The van der Waals surface area contributed by atoms with Crippen LogP contribution in [0, 0.1) is 0 Å². The maximum absolute atomic E-state index is 12.5. The highest BCUT2D eigenvalue weighted by atomic mass is 32.2. The van der Waals surface area contributed by atoms with Gasteiger partial charge in [-0.1, -0.05) is 38.1 Å². The molecule has 1 amide bonds. The van der Waals surface area contributed by atoms with Gasteiger partial charge in [0.15, 0.2) is 6.61 Å². The summed E-state index contributed by atoms with van der Waals surface area (Å²) in [6, 6.07) is 16.5. The number of nitrogens with one attached hydrogen (secondary N) is 1. The van der Waals surface area contributed by atoms with Gasteiger partial charge in [-0.05, 0) is 36.4 Å². The Hall–Kier alpha value is -3.30. The maximum Gasteiger partial charge on any atom is 0.357 e. The van der Waals surface area contributed by atoms with Gasteiger partial charge in [0.2, 0.25) is 10.0 Å². The van der Waals surface area contributed by atoms with E-state index in [4.69, 9.17) is 4.74 Å². The molecule has 0 radical (unpaired) electrons. The Labute approximate surface area is 180 Å². The Morgan fingerprint density at radius 2 is 1.65 bits per heavy atom. The number of benzene rings is 2. The Morgan fingerprint density at radius 3 is 2.32 bits per heavy atom. The van der Waals surface area contributed by atoms with Crippen LogP contribution in [0.4, 0.5) is 5.69 Å². The van der Waals surface area contributed by atoms with Gasteiger partial charge in [-0.3, -0.25) is 4.79 Å². The second-order valence-electron chi connectivity index (χ2n) is 6.63. The van der Waals surface area contributed by atoms with Crippen molar-refractivity contribution in [3.63, 3.8) is 0 Å². The van der Waals surface area contributed by atoms with E-state index in [0.29, 0.717) is 24.3 Å². The van der Waals surface area contributed by atoms with Gasteiger partial charge in [0.1, 0.15) is 5.69 Å². The zero-order valence-electron chi connectivity index (χ0n) is 17.2. The third-order valence-corrected chi connectivity index (χ3v) is 6.69. The van der Waals surface area contributed by atoms with Crippen molar-refractivity contribution in [1.29, 1.82) is 0 Å². The zero-order chi connectivity index (χ0) is 22.4. The van der Waals surface area contributed by atoms with Crippen molar-refractivity contribution in [2.24, 2.45) is 0 Å². The predicted octanol–water partition coefficient (Wildman–Crippen LogP) is 3.06. The Morgan fingerprint density at radius 1 is 0.968 bits per heavy atom. The van der Waals surface area contributed by atoms with E-state index < -0.39 is 28.5 Å². The van der Waals surface area contributed by atoms with E-state index in [1.807, 2.05) is 18.2 Å².